The molecule has 0 spiro atoms. The van der Waals surface area contributed by atoms with Crippen LogP contribution in [0.25, 0.3) is 0 Å². The highest BCUT2D eigenvalue weighted by atomic mass is 32.2. The molecule has 0 aromatic carbocycles. The lowest BCUT2D eigenvalue weighted by Gasteiger charge is -2.30. The standard InChI is InChI=1S/C10H21N3O2S/c1-8(2)12(3)16(14,15)13-5-4-9-6-11-7-10(9)13/h8-11H,4-7H2,1-3H3. The molecule has 0 amide bonds. The van der Waals surface area contributed by atoms with Gasteiger partial charge >= 0.3 is 0 Å². The zero-order valence-corrected chi connectivity index (χ0v) is 11.0. The Morgan fingerprint density at radius 1 is 1.38 bits per heavy atom. The van der Waals surface area contributed by atoms with Crippen molar-refractivity contribution in [2.75, 3.05) is 26.7 Å². The lowest BCUT2D eigenvalue weighted by Crippen LogP contribution is -2.48. The summed E-state index contributed by atoms with van der Waals surface area (Å²) in [5.74, 6) is 0.510. The number of rotatable bonds is 3. The Labute approximate surface area is 98.0 Å². The topological polar surface area (TPSA) is 52.7 Å². The molecule has 2 aliphatic rings. The number of hydrogen-bond donors (Lipinski definition) is 1. The van der Waals surface area contributed by atoms with Crippen molar-refractivity contribution in [3.8, 4) is 0 Å². The summed E-state index contributed by atoms with van der Waals surface area (Å²) in [5, 5.41) is 3.27. The molecule has 16 heavy (non-hydrogen) atoms. The van der Waals surface area contributed by atoms with Crippen molar-refractivity contribution in [2.45, 2.75) is 32.4 Å². The summed E-state index contributed by atoms with van der Waals surface area (Å²) in [4.78, 5) is 0. The third-order valence-electron chi connectivity index (χ3n) is 3.78. The van der Waals surface area contributed by atoms with E-state index in [0.717, 1.165) is 19.5 Å². The van der Waals surface area contributed by atoms with Crippen LogP contribution in [0.4, 0.5) is 0 Å². The zero-order valence-electron chi connectivity index (χ0n) is 10.2. The average Bonchev–Trinajstić information content (AvgIpc) is 2.76. The van der Waals surface area contributed by atoms with Gasteiger partial charge in [-0.15, -0.1) is 0 Å². The van der Waals surface area contributed by atoms with Crippen molar-refractivity contribution in [3.63, 3.8) is 0 Å². The molecule has 2 fully saturated rings. The minimum atomic E-state index is -3.27. The lowest BCUT2D eigenvalue weighted by atomic mass is 10.1. The van der Waals surface area contributed by atoms with Crippen molar-refractivity contribution in [3.05, 3.63) is 0 Å². The fourth-order valence-corrected chi connectivity index (χ4v) is 4.32. The van der Waals surface area contributed by atoms with Gasteiger partial charge in [-0.05, 0) is 32.7 Å². The van der Waals surface area contributed by atoms with E-state index in [1.807, 2.05) is 13.8 Å². The van der Waals surface area contributed by atoms with Gasteiger partial charge in [0, 0.05) is 32.2 Å². The second kappa shape index (κ2) is 4.25. The van der Waals surface area contributed by atoms with Crippen LogP contribution in [0.15, 0.2) is 0 Å². The van der Waals surface area contributed by atoms with Gasteiger partial charge in [-0.1, -0.05) is 0 Å². The van der Waals surface area contributed by atoms with Crippen LogP contribution in [0.5, 0.6) is 0 Å². The van der Waals surface area contributed by atoms with E-state index in [2.05, 4.69) is 5.32 Å². The highest BCUT2D eigenvalue weighted by Gasteiger charge is 2.44. The lowest BCUT2D eigenvalue weighted by molar-refractivity contribution is 0.321. The van der Waals surface area contributed by atoms with Gasteiger partial charge < -0.3 is 5.32 Å². The van der Waals surface area contributed by atoms with Gasteiger partial charge in [0.1, 0.15) is 0 Å². The predicted octanol–water partition coefficient (Wildman–Crippen LogP) is -0.135. The maximum absolute atomic E-state index is 12.3. The summed E-state index contributed by atoms with van der Waals surface area (Å²) >= 11 is 0. The van der Waals surface area contributed by atoms with E-state index in [-0.39, 0.29) is 12.1 Å². The Morgan fingerprint density at radius 3 is 2.69 bits per heavy atom. The molecule has 94 valence electrons. The van der Waals surface area contributed by atoms with Gasteiger partial charge in [0.15, 0.2) is 0 Å². The second-order valence-corrected chi connectivity index (χ2v) is 6.94. The molecule has 0 saturated carbocycles. The van der Waals surface area contributed by atoms with Crippen molar-refractivity contribution >= 4 is 10.2 Å². The van der Waals surface area contributed by atoms with Crippen molar-refractivity contribution in [1.29, 1.82) is 0 Å². The Morgan fingerprint density at radius 2 is 2.06 bits per heavy atom. The third-order valence-corrected chi connectivity index (χ3v) is 5.98. The molecule has 2 atom stereocenters. The first-order valence-corrected chi connectivity index (χ1v) is 7.30. The van der Waals surface area contributed by atoms with Gasteiger partial charge in [0.25, 0.3) is 10.2 Å². The summed E-state index contributed by atoms with van der Waals surface area (Å²) in [6.07, 6.45) is 0.989. The highest BCUT2D eigenvalue weighted by Crippen LogP contribution is 2.30. The van der Waals surface area contributed by atoms with E-state index >= 15 is 0 Å². The van der Waals surface area contributed by atoms with Gasteiger partial charge in [0.05, 0.1) is 0 Å². The van der Waals surface area contributed by atoms with E-state index in [9.17, 15) is 8.42 Å². The molecule has 2 aliphatic heterocycles. The molecule has 0 bridgehead atoms. The normalized spacial score (nSPS) is 31.6. The van der Waals surface area contributed by atoms with Crippen molar-refractivity contribution < 1.29 is 8.42 Å². The van der Waals surface area contributed by atoms with Crippen LogP contribution in [0, 0.1) is 5.92 Å². The van der Waals surface area contributed by atoms with Crippen LogP contribution in [0.3, 0.4) is 0 Å². The average molecular weight is 247 g/mol. The fraction of sp³-hybridized carbons (Fsp3) is 1.00. The number of fused-ring (bicyclic) bond motifs is 1. The van der Waals surface area contributed by atoms with Crippen molar-refractivity contribution in [1.82, 2.24) is 13.9 Å². The molecule has 1 N–H and O–H groups in total. The van der Waals surface area contributed by atoms with Gasteiger partial charge in [-0.3, -0.25) is 0 Å². The summed E-state index contributed by atoms with van der Waals surface area (Å²) in [5.41, 5.74) is 0. The van der Waals surface area contributed by atoms with Gasteiger partial charge in [0.2, 0.25) is 0 Å². The molecule has 0 aromatic heterocycles. The van der Waals surface area contributed by atoms with E-state index in [1.54, 1.807) is 11.4 Å². The number of nitrogens with one attached hydrogen (secondary N) is 1. The summed E-state index contributed by atoms with van der Waals surface area (Å²) in [6, 6.07) is 0.185. The Hall–Kier alpha value is -0.170. The molecule has 6 heteroatoms. The minimum Gasteiger partial charge on any atom is -0.315 e. The second-order valence-electron chi connectivity index (χ2n) is 5.00. The number of hydrogen-bond acceptors (Lipinski definition) is 3. The van der Waals surface area contributed by atoms with Gasteiger partial charge in [-0.25, -0.2) is 0 Å². The summed E-state index contributed by atoms with van der Waals surface area (Å²) in [7, 11) is -1.60. The van der Waals surface area contributed by atoms with Crippen LogP contribution >= 0.6 is 0 Å². The third kappa shape index (κ3) is 1.88. The Kier molecular flexibility index (Phi) is 3.27. The van der Waals surface area contributed by atoms with E-state index in [0.29, 0.717) is 12.5 Å². The molecule has 0 aliphatic carbocycles. The molecule has 2 unspecified atom stereocenters. The van der Waals surface area contributed by atoms with E-state index in [4.69, 9.17) is 0 Å². The molecule has 0 radical (unpaired) electrons. The predicted molar refractivity (Wildman–Crippen MR) is 63.3 cm³/mol. The summed E-state index contributed by atoms with van der Waals surface area (Å²) < 4.78 is 27.8. The smallest absolute Gasteiger partial charge is 0.282 e. The fourth-order valence-electron chi connectivity index (χ4n) is 2.53. The minimum absolute atomic E-state index is 0.0124. The van der Waals surface area contributed by atoms with Crippen molar-refractivity contribution in [2.24, 2.45) is 5.92 Å². The zero-order chi connectivity index (χ0) is 11.9. The molecule has 2 rings (SSSR count). The van der Waals surface area contributed by atoms with E-state index in [1.165, 1.54) is 4.31 Å². The molecule has 2 saturated heterocycles. The van der Waals surface area contributed by atoms with Crippen LogP contribution in [-0.2, 0) is 10.2 Å². The van der Waals surface area contributed by atoms with Crippen LogP contribution in [-0.4, -0.2) is 55.8 Å². The molecular formula is C10H21N3O2S. The highest BCUT2D eigenvalue weighted by molar-refractivity contribution is 7.86. The maximum atomic E-state index is 12.3. The van der Waals surface area contributed by atoms with E-state index < -0.39 is 10.2 Å². The number of nitrogens with zero attached hydrogens (tertiary/aromatic N) is 2. The Balaban J connectivity index is 2.18. The summed E-state index contributed by atoms with van der Waals surface area (Å²) in [6.45, 7) is 6.24. The van der Waals surface area contributed by atoms with Crippen LogP contribution in [0.2, 0.25) is 0 Å². The molecule has 2 heterocycles. The Bertz CT molecular complexity index is 355. The molecular weight excluding hydrogens is 226 g/mol. The first kappa shape index (κ1) is 12.3. The largest absolute Gasteiger partial charge is 0.315 e. The monoisotopic (exact) mass is 247 g/mol. The first-order valence-electron chi connectivity index (χ1n) is 5.90. The quantitative estimate of drug-likeness (QED) is 0.755. The first-order chi connectivity index (χ1) is 7.44. The van der Waals surface area contributed by atoms with Gasteiger partial charge in [-0.2, -0.15) is 17.0 Å². The molecule has 0 aromatic rings. The SMILES string of the molecule is CC(C)N(C)S(=O)(=O)N1CCC2CNCC21. The maximum Gasteiger partial charge on any atom is 0.282 e. The molecule has 5 nitrogen and oxygen atoms in total. The van der Waals surface area contributed by atoms with Crippen LogP contribution in [0.1, 0.15) is 20.3 Å². The van der Waals surface area contributed by atoms with Crippen LogP contribution < -0.4 is 5.32 Å².